The lowest BCUT2D eigenvalue weighted by Crippen LogP contribution is -2.25. The number of halogens is 1. The van der Waals surface area contributed by atoms with Crippen LogP contribution in [0.15, 0.2) is 53.9 Å². The predicted octanol–water partition coefficient (Wildman–Crippen LogP) is 3.83. The summed E-state index contributed by atoms with van der Waals surface area (Å²) in [6.45, 7) is 0.377. The van der Waals surface area contributed by atoms with Crippen LogP contribution >= 0.6 is 11.3 Å². The van der Waals surface area contributed by atoms with Gasteiger partial charge in [-0.3, -0.25) is 14.9 Å². The Morgan fingerprint density at radius 2 is 2.00 bits per heavy atom. The van der Waals surface area contributed by atoms with Gasteiger partial charge in [-0.25, -0.2) is 9.37 Å². The molecule has 0 aliphatic heterocycles. The summed E-state index contributed by atoms with van der Waals surface area (Å²) in [6, 6.07) is 11.7. The summed E-state index contributed by atoms with van der Waals surface area (Å²) in [5, 5.41) is 16.0. The maximum atomic E-state index is 13.3. The van der Waals surface area contributed by atoms with Gasteiger partial charge in [0.2, 0.25) is 0 Å². The Morgan fingerprint density at radius 1 is 1.23 bits per heavy atom. The molecule has 3 aromatic rings. The van der Waals surface area contributed by atoms with Crippen molar-refractivity contribution in [2.75, 3.05) is 6.54 Å². The number of thiazole rings is 1. The molecule has 6 nitrogen and oxygen atoms in total. The summed E-state index contributed by atoms with van der Waals surface area (Å²) < 4.78 is 13.3. The first-order chi connectivity index (χ1) is 12.5. The van der Waals surface area contributed by atoms with Gasteiger partial charge in [0, 0.05) is 41.6 Å². The van der Waals surface area contributed by atoms with E-state index in [1.165, 1.54) is 47.7 Å². The van der Waals surface area contributed by atoms with Crippen LogP contribution in [0.3, 0.4) is 0 Å². The van der Waals surface area contributed by atoms with Crippen molar-refractivity contribution in [3.8, 4) is 10.6 Å². The number of rotatable bonds is 6. The Hall–Kier alpha value is -3.13. The molecule has 8 heteroatoms. The second-order valence-corrected chi connectivity index (χ2v) is 6.32. The summed E-state index contributed by atoms with van der Waals surface area (Å²) in [6.07, 6.45) is 0.532. The molecule has 0 aliphatic carbocycles. The largest absolute Gasteiger partial charge is 0.352 e. The number of benzene rings is 2. The minimum Gasteiger partial charge on any atom is -0.352 e. The van der Waals surface area contributed by atoms with E-state index in [-0.39, 0.29) is 17.4 Å². The van der Waals surface area contributed by atoms with Crippen molar-refractivity contribution in [1.29, 1.82) is 0 Å². The molecule has 2 aromatic carbocycles. The van der Waals surface area contributed by atoms with Crippen molar-refractivity contribution in [2.24, 2.45) is 0 Å². The maximum Gasteiger partial charge on any atom is 0.269 e. The van der Waals surface area contributed by atoms with Gasteiger partial charge in [0.1, 0.15) is 10.8 Å². The third kappa shape index (κ3) is 4.28. The zero-order chi connectivity index (χ0) is 18.5. The molecule has 0 aliphatic rings. The van der Waals surface area contributed by atoms with Crippen LogP contribution in [0.4, 0.5) is 10.1 Å². The van der Waals surface area contributed by atoms with Crippen LogP contribution in [0.25, 0.3) is 10.6 Å². The number of nitrogens with one attached hydrogen (secondary N) is 1. The van der Waals surface area contributed by atoms with Crippen LogP contribution < -0.4 is 5.32 Å². The van der Waals surface area contributed by atoms with Crippen molar-refractivity contribution >= 4 is 22.9 Å². The molecule has 1 aromatic heterocycles. The third-order valence-electron chi connectivity index (χ3n) is 3.63. The van der Waals surface area contributed by atoms with E-state index in [9.17, 15) is 19.3 Å². The van der Waals surface area contributed by atoms with Gasteiger partial charge < -0.3 is 5.32 Å². The number of carbonyl (C=O) groups excluding carboxylic acids is 1. The van der Waals surface area contributed by atoms with Crippen molar-refractivity contribution in [3.05, 3.63) is 81.1 Å². The predicted molar refractivity (Wildman–Crippen MR) is 96.6 cm³/mol. The van der Waals surface area contributed by atoms with Gasteiger partial charge in [-0.1, -0.05) is 12.1 Å². The van der Waals surface area contributed by atoms with Crippen LogP contribution in [0, 0.1) is 15.9 Å². The normalized spacial score (nSPS) is 10.5. The van der Waals surface area contributed by atoms with Gasteiger partial charge in [0.25, 0.3) is 11.6 Å². The maximum absolute atomic E-state index is 13.3. The number of hydrogen-bond acceptors (Lipinski definition) is 5. The first kappa shape index (κ1) is 17.7. The number of nitro groups is 1. The minimum atomic E-state index is -0.514. The van der Waals surface area contributed by atoms with Crippen molar-refractivity contribution in [1.82, 2.24) is 10.3 Å². The van der Waals surface area contributed by atoms with Gasteiger partial charge in [0.05, 0.1) is 10.6 Å². The third-order valence-corrected chi connectivity index (χ3v) is 4.57. The molecule has 0 saturated heterocycles. The number of amides is 1. The average molecular weight is 371 g/mol. The van der Waals surface area contributed by atoms with Crippen molar-refractivity contribution in [2.45, 2.75) is 6.42 Å². The topological polar surface area (TPSA) is 85.1 Å². The average Bonchev–Trinajstić information content (AvgIpc) is 3.10. The Labute approximate surface area is 152 Å². The highest BCUT2D eigenvalue weighted by Crippen LogP contribution is 2.24. The molecule has 26 heavy (non-hydrogen) atoms. The van der Waals surface area contributed by atoms with E-state index in [0.717, 1.165) is 16.3 Å². The summed E-state index contributed by atoms with van der Waals surface area (Å²) >= 11 is 1.42. The Bertz CT molecular complexity index is 941. The van der Waals surface area contributed by atoms with E-state index >= 15 is 0 Å². The van der Waals surface area contributed by atoms with E-state index in [0.29, 0.717) is 18.5 Å². The second kappa shape index (κ2) is 7.83. The first-order valence-electron chi connectivity index (χ1n) is 7.76. The molecule has 3 rings (SSSR count). The Kier molecular flexibility index (Phi) is 5.33. The van der Waals surface area contributed by atoms with Crippen LogP contribution in [-0.4, -0.2) is 22.4 Å². The molecular weight excluding hydrogens is 357 g/mol. The number of nitro benzene ring substituents is 1. The molecule has 1 heterocycles. The minimum absolute atomic E-state index is 0.0612. The van der Waals surface area contributed by atoms with Gasteiger partial charge in [-0.05, 0) is 24.3 Å². The van der Waals surface area contributed by atoms with E-state index in [1.54, 1.807) is 12.1 Å². The van der Waals surface area contributed by atoms with E-state index < -0.39 is 4.92 Å². The summed E-state index contributed by atoms with van der Waals surface area (Å²) in [7, 11) is 0. The van der Waals surface area contributed by atoms with E-state index in [2.05, 4.69) is 10.3 Å². The molecule has 0 atom stereocenters. The molecule has 1 amide bonds. The van der Waals surface area contributed by atoms with Crippen LogP contribution in [0.1, 0.15) is 16.1 Å². The van der Waals surface area contributed by atoms with Crippen LogP contribution in [0.5, 0.6) is 0 Å². The summed E-state index contributed by atoms with van der Waals surface area (Å²) in [5.74, 6) is -0.616. The van der Waals surface area contributed by atoms with Gasteiger partial charge in [-0.2, -0.15) is 0 Å². The highest BCUT2D eigenvalue weighted by atomic mass is 32.1. The van der Waals surface area contributed by atoms with E-state index in [1.807, 2.05) is 5.38 Å². The Balaban J connectivity index is 1.55. The molecule has 0 saturated carbocycles. The van der Waals surface area contributed by atoms with Gasteiger partial charge in [-0.15, -0.1) is 11.3 Å². The lowest BCUT2D eigenvalue weighted by Gasteiger charge is -2.04. The fraction of sp³-hybridized carbons (Fsp3) is 0.111. The number of carbonyl (C=O) groups is 1. The van der Waals surface area contributed by atoms with Gasteiger partial charge >= 0.3 is 0 Å². The van der Waals surface area contributed by atoms with Crippen LogP contribution in [0.2, 0.25) is 0 Å². The number of aromatic nitrogens is 1. The standard InChI is InChI=1S/C18H14FN3O3S/c19-14-3-1-2-13(10-14)18-21-15(11-26-18)8-9-20-17(23)12-4-6-16(7-5-12)22(24)25/h1-7,10-11H,8-9H2,(H,20,23). The Morgan fingerprint density at radius 3 is 2.69 bits per heavy atom. The molecule has 0 unspecified atom stereocenters. The van der Waals surface area contributed by atoms with Gasteiger partial charge in [0.15, 0.2) is 0 Å². The lowest BCUT2D eigenvalue weighted by molar-refractivity contribution is -0.384. The summed E-state index contributed by atoms with van der Waals surface area (Å²) in [4.78, 5) is 26.6. The zero-order valence-electron chi connectivity index (χ0n) is 13.5. The smallest absolute Gasteiger partial charge is 0.269 e. The second-order valence-electron chi connectivity index (χ2n) is 5.46. The van der Waals surface area contributed by atoms with Crippen molar-refractivity contribution in [3.63, 3.8) is 0 Å². The molecule has 1 N–H and O–H groups in total. The number of nitrogens with zero attached hydrogens (tertiary/aromatic N) is 2. The fourth-order valence-corrected chi connectivity index (χ4v) is 3.17. The lowest BCUT2D eigenvalue weighted by atomic mass is 10.2. The SMILES string of the molecule is O=C(NCCc1csc(-c2cccc(F)c2)n1)c1ccc([N+](=O)[O-])cc1. The number of hydrogen-bond donors (Lipinski definition) is 1. The molecule has 0 spiro atoms. The number of non-ortho nitro benzene ring substituents is 1. The van der Waals surface area contributed by atoms with Crippen LogP contribution in [-0.2, 0) is 6.42 Å². The molecular formula is C18H14FN3O3S. The molecule has 0 fully saturated rings. The highest BCUT2D eigenvalue weighted by Gasteiger charge is 2.10. The molecule has 0 bridgehead atoms. The zero-order valence-corrected chi connectivity index (χ0v) is 14.3. The monoisotopic (exact) mass is 371 g/mol. The summed E-state index contributed by atoms with van der Waals surface area (Å²) in [5.41, 5.74) is 1.82. The first-order valence-corrected chi connectivity index (χ1v) is 8.64. The highest BCUT2D eigenvalue weighted by molar-refractivity contribution is 7.13. The molecule has 0 radical (unpaired) electrons. The molecule has 132 valence electrons. The fourth-order valence-electron chi connectivity index (χ4n) is 2.32. The quantitative estimate of drug-likeness (QED) is 0.527. The van der Waals surface area contributed by atoms with E-state index in [4.69, 9.17) is 0 Å². The van der Waals surface area contributed by atoms with Crippen molar-refractivity contribution < 1.29 is 14.1 Å².